The summed E-state index contributed by atoms with van der Waals surface area (Å²) in [4.78, 5) is 24.0. The summed E-state index contributed by atoms with van der Waals surface area (Å²) in [5, 5.41) is 8.65. The molecule has 6 heteroatoms. The fraction of sp³-hybridized carbons (Fsp3) is 0.500. The number of ether oxygens (including phenoxy) is 1. The van der Waals surface area contributed by atoms with E-state index in [0.29, 0.717) is 18.9 Å². The van der Waals surface area contributed by atoms with Gasteiger partial charge in [-0.15, -0.1) is 0 Å². The second-order valence-electron chi connectivity index (χ2n) is 6.32. The van der Waals surface area contributed by atoms with Gasteiger partial charge in [0.15, 0.2) is 0 Å². The van der Waals surface area contributed by atoms with Crippen molar-refractivity contribution in [1.82, 2.24) is 5.32 Å². The van der Waals surface area contributed by atoms with Crippen molar-refractivity contribution < 1.29 is 14.3 Å². The molecule has 0 saturated carbocycles. The van der Waals surface area contributed by atoms with E-state index in [0.717, 1.165) is 24.1 Å². The van der Waals surface area contributed by atoms with Crippen LogP contribution >= 0.6 is 0 Å². The van der Waals surface area contributed by atoms with Gasteiger partial charge in [-0.05, 0) is 50.5 Å². The van der Waals surface area contributed by atoms with Crippen molar-refractivity contribution >= 4 is 23.3 Å². The first kappa shape index (κ1) is 14.8. The first-order chi connectivity index (χ1) is 10.5. The number of carbonyl (C=O) groups excluding carboxylic acids is 2. The summed E-state index contributed by atoms with van der Waals surface area (Å²) in [7, 11) is 0. The molecule has 3 amide bonds. The van der Waals surface area contributed by atoms with E-state index < -0.39 is 5.41 Å². The topological polar surface area (TPSA) is 79.5 Å². The van der Waals surface area contributed by atoms with Crippen molar-refractivity contribution in [2.45, 2.75) is 38.1 Å². The van der Waals surface area contributed by atoms with Crippen LogP contribution in [0.15, 0.2) is 18.2 Å². The Morgan fingerprint density at radius 1 is 1.32 bits per heavy atom. The van der Waals surface area contributed by atoms with Gasteiger partial charge < -0.3 is 20.7 Å². The summed E-state index contributed by atoms with van der Waals surface area (Å²) in [5.41, 5.74) is 1.82. The van der Waals surface area contributed by atoms with E-state index in [-0.39, 0.29) is 18.0 Å². The predicted molar refractivity (Wildman–Crippen MR) is 84.1 cm³/mol. The lowest BCUT2D eigenvalue weighted by Gasteiger charge is -2.23. The maximum Gasteiger partial charge on any atom is 0.319 e. The van der Waals surface area contributed by atoms with E-state index in [2.05, 4.69) is 16.0 Å². The lowest BCUT2D eigenvalue weighted by atomic mass is 9.86. The fourth-order valence-electron chi connectivity index (χ4n) is 2.84. The van der Waals surface area contributed by atoms with Crippen molar-refractivity contribution in [3.8, 4) is 0 Å². The third kappa shape index (κ3) is 2.78. The summed E-state index contributed by atoms with van der Waals surface area (Å²) >= 11 is 0. The molecule has 0 bridgehead atoms. The Morgan fingerprint density at radius 3 is 2.77 bits per heavy atom. The molecule has 1 saturated heterocycles. The van der Waals surface area contributed by atoms with Crippen LogP contribution < -0.4 is 16.0 Å². The molecule has 22 heavy (non-hydrogen) atoms. The molecule has 2 heterocycles. The maximum atomic E-state index is 12.1. The Kier molecular flexibility index (Phi) is 3.78. The summed E-state index contributed by atoms with van der Waals surface area (Å²) in [6.45, 7) is 5.12. The van der Waals surface area contributed by atoms with Crippen molar-refractivity contribution in [3.05, 3.63) is 23.8 Å². The SMILES string of the molecule is CC1(C)C(=O)Nc2ccc(NC(=O)NC3CCOCC3)cc21. The van der Waals surface area contributed by atoms with Gasteiger partial charge in [-0.2, -0.15) is 0 Å². The number of hydrogen-bond acceptors (Lipinski definition) is 3. The number of nitrogens with one attached hydrogen (secondary N) is 3. The minimum Gasteiger partial charge on any atom is -0.381 e. The number of amides is 3. The Bertz CT molecular complexity index is 607. The van der Waals surface area contributed by atoms with Crippen LogP contribution in [0.3, 0.4) is 0 Å². The lowest BCUT2D eigenvalue weighted by Crippen LogP contribution is -2.41. The second kappa shape index (κ2) is 5.61. The van der Waals surface area contributed by atoms with Crippen LogP contribution in [0.5, 0.6) is 0 Å². The highest BCUT2D eigenvalue weighted by Gasteiger charge is 2.38. The molecule has 1 aromatic rings. The maximum absolute atomic E-state index is 12.1. The van der Waals surface area contributed by atoms with Gasteiger partial charge in [0.05, 0.1) is 5.41 Å². The summed E-state index contributed by atoms with van der Waals surface area (Å²) < 4.78 is 5.27. The molecule has 0 radical (unpaired) electrons. The van der Waals surface area contributed by atoms with Crippen molar-refractivity contribution in [2.24, 2.45) is 0 Å². The van der Waals surface area contributed by atoms with Crippen LogP contribution in [0.2, 0.25) is 0 Å². The molecule has 1 aromatic carbocycles. The number of carbonyl (C=O) groups is 2. The van der Waals surface area contributed by atoms with Gasteiger partial charge in [0.25, 0.3) is 0 Å². The van der Waals surface area contributed by atoms with Crippen LogP contribution in [0.1, 0.15) is 32.3 Å². The van der Waals surface area contributed by atoms with E-state index in [1.807, 2.05) is 26.0 Å². The Balaban J connectivity index is 1.68. The van der Waals surface area contributed by atoms with Gasteiger partial charge in [-0.25, -0.2) is 4.79 Å². The van der Waals surface area contributed by atoms with Crippen molar-refractivity contribution in [1.29, 1.82) is 0 Å². The first-order valence-electron chi connectivity index (χ1n) is 7.58. The Labute approximate surface area is 129 Å². The van der Waals surface area contributed by atoms with Crippen molar-refractivity contribution in [3.63, 3.8) is 0 Å². The lowest BCUT2D eigenvalue weighted by molar-refractivity contribution is -0.119. The molecule has 2 aliphatic heterocycles. The van der Waals surface area contributed by atoms with E-state index in [4.69, 9.17) is 4.74 Å². The number of rotatable bonds is 2. The third-order valence-corrected chi connectivity index (χ3v) is 4.32. The van der Waals surface area contributed by atoms with Crippen LogP contribution in [-0.4, -0.2) is 31.2 Å². The molecule has 0 aliphatic carbocycles. The van der Waals surface area contributed by atoms with Crippen LogP contribution in [0.4, 0.5) is 16.2 Å². The van der Waals surface area contributed by atoms with Gasteiger partial charge in [-0.3, -0.25) is 4.79 Å². The largest absolute Gasteiger partial charge is 0.381 e. The molecule has 0 atom stereocenters. The minimum atomic E-state index is -0.579. The number of anilines is 2. The van der Waals surface area contributed by atoms with Crippen LogP contribution in [0.25, 0.3) is 0 Å². The molecule has 118 valence electrons. The van der Waals surface area contributed by atoms with E-state index in [1.165, 1.54) is 0 Å². The van der Waals surface area contributed by atoms with Crippen molar-refractivity contribution in [2.75, 3.05) is 23.8 Å². The summed E-state index contributed by atoms with van der Waals surface area (Å²) in [6, 6.07) is 5.41. The molecule has 2 aliphatic rings. The van der Waals surface area contributed by atoms with Gasteiger partial charge in [0.2, 0.25) is 5.91 Å². The van der Waals surface area contributed by atoms with Gasteiger partial charge in [-0.1, -0.05) is 0 Å². The zero-order valence-electron chi connectivity index (χ0n) is 12.9. The quantitative estimate of drug-likeness (QED) is 0.783. The average Bonchev–Trinajstić information content (AvgIpc) is 2.71. The normalized spacial score (nSPS) is 20.2. The molecule has 6 nitrogen and oxygen atoms in total. The average molecular weight is 303 g/mol. The van der Waals surface area contributed by atoms with Gasteiger partial charge in [0, 0.05) is 30.6 Å². The van der Waals surface area contributed by atoms with Crippen LogP contribution in [0, 0.1) is 0 Å². The molecule has 0 aromatic heterocycles. The standard InChI is InChI=1S/C16H21N3O3/c1-16(2)12-9-11(3-4-13(12)19-14(16)20)18-15(21)17-10-5-7-22-8-6-10/h3-4,9-10H,5-8H2,1-2H3,(H,19,20)(H2,17,18,21). The predicted octanol–water partition coefficient (Wildman–Crippen LogP) is 2.22. The highest BCUT2D eigenvalue weighted by Crippen LogP contribution is 2.38. The monoisotopic (exact) mass is 303 g/mol. The van der Waals surface area contributed by atoms with E-state index in [1.54, 1.807) is 6.07 Å². The zero-order chi connectivity index (χ0) is 15.7. The molecule has 0 unspecified atom stereocenters. The van der Waals surface area contributed by atoms with E-state index in [9.17, 15) is 9.59 Å². The molecule has 0 spiro atoms. The highest BCUT2D eigenvalue weighted by atomic mass is 16.5. The fourth-order valence-corrected chi connectivity index (χ4v) is 2.84. The summed E-state index contributed by atoms with van der Waals surface area (Å²) in [5.74, 6) is -0.0219. The number of benzene rings is 1. The molecule has 3 rings (SSSR count). The Hall–Kier alpha value is -2.08. The third-order valence-electron chi connectivity index (χ3n) is 4.32. The smallest absolute Gasteiger partial charge is 0.319 e. The number of urea groups is 1. The van der Waals surface area contributed by atoms with Gasteiger partial charge >= 0.3 is 6.03 Å². The highest BCUT2D eigenvalue weighted by molar-refractivity contribution is 6.06. The molecule has 3 N–H and O–H groups in total. The Morgan fingerprint density at radius 2 is 2.05 bits per heavy atom. The first-order valence-corrected chi connectivity index (χ1v) is 7.58. The number of fused-ring (bicyclic) bond motifs is 1. The molecular formula is C16H21N3O3. The van der Waals surface area contributed by atoms with Gasteiger partial charge in [0.1, 0.15) is 0 Å². The second-order valence-corrected chi connectivity index (χ2v) is 6.32. The molecular weight excluding hydrogens is 282 g/mol. The zero-order valence-corrected chi connectivity index (χ0v) is 12.9. The number of hydrogen-bond donors (Lipinski definition) is 3. The molecule has 1 fully saturated rings. The minimum absolute atomic E-state index is 0.0219. The summed E-state index contributed by atoms with van der Waals surface area (Å²) in [6.07, 6.45) is 1.67. The van der Waals surface area contributed by atoms with Crippen LogP contribution in [-0.2, 0) is 14.9 Å². The van der Waals surface area contributed by atoms with E-state index >= 15 is 0 Å².